The number of unbranched alkanes of at least 4 members (excludes halogenated alkanes) is 3. The van der Waals surface area contributed by atoms with Crippen LogP contribution in [0.4, 0.5) is 0 Å². The van der Waals surface area contributed by atoms with Gasteiger partial charge >= 0.3 is 0 Å². The zero-order valence-electron chi connectivity index (χ0n) is 13.8. The second-order valence-corrected chi connectivity index (χ2v) is 6.77. The van der Waals surface area contributed by atoms with Gasteiger partial charge in [0.2, 0.25) is 0 Å². The minimum Gasteiger partial charge on any atom is -0.313 e. The van der Waals surface area contributed by atoms with E-state index in [4.69, 9.17) is 0 Å². The average molecular weight is 288 g/mol. The average Bonchev–Trinajstić information content (AvgIpc) is 2.68. The van der Waals surface area contributed by atoms with Gasteiger partial charge in [-0.25, -0.2) is 0 Å². The van der Waals surface area contributed by atoms with Crippen molar-refractivity contribution in [1.82, 2.24) is 10.6 Å². The number of rotatable bonds is 8. The Kier molecular flexibility index (Phi) is 7.25. The highest BCUT2D eigenvalue weighted by molar-refractivity contribution is 5.30. The zero-order chi connectivity index (χ0) is 14.9. The van der Waals surface area contributed by atoms with Crippen LogP contribution in [0, 0.1) is 5.92 Å². The van der Waals surface area contributed by atoms with Crippen molar-refractivity contribution in [2.24, 2.45) is 5.92 Å². The predicted octanol–water partition coefficient (Wildman–Crippen LogP) is 4.42. The molecule has 1 heterocycles. The molecule has 21 heavy (non-hydrogen) atoms. The molecule has 1 aromatic rings. The Balaban J connectivity index is 1.68. The highest BCUT2D eigenvalue weighted by Crippen LogP contribution is 2.23. The van der Waals surface area contributed by atoms with Gasteiger partial charge in [-0.2, -0.15) is 0 Å². The fraction of sp³-hybridized carbons (Fsp3) is 0.684. The van der Waals surface area contributed by atoms with E-state index in [2.05, 4.69) is 48.7 Å². The van der Waals surface area contributed by atoms with E-state index in [0.29, 0.717) is 6.04 Å². The van der Waals surface area contributed by atoms with Crippen molar-refractivity contribution in [3.63, 3.8) is 0 Å². The molecule has 2 heteroatoms. The van der Waals surface area contributed by atoms with Crippen LogP contribution in [0.2, 0.25) is 0 Å². The van der Waals surface area contributed by atoms with Crippen molar-refractivity contribution in [3.05, 3.63) is 35.4 Å². The van der Waals surface area contributed by atoms with Gasteiger partial charge in [0, 0.05) is 12.6 Å². The van der Waals surface area contributed by atoms with E-state index in [1.165, 1.54) is 49.7 Å². The van der Waals surface area contributed by atoms with Crippen LogP contribution in [0.1, 0.15) is 69.5 Å². The SMILES string of the molecule is CC(C)CCCCCCNC1CCNCc2ccccc21. The van der Waals surface area contributed by atoms with Gasteiger partial charge in [0.25, 0.3) is 0 Å². The van der Waals surface area contributed by atoms with Gasteiger partial charge in [0.1, 0.15) is 0 Å². The maximum Gasteiger partial charge on any atom is 0.0335 e. The lowest BCUT2D eigenvalue weighted by Crippen LogP contribution is -2.24. The summed E-state index contributed by atoms with van der Waals surface area (Å²) < 4.78 is 0. The normalized spacial score (nSPS) is 18.5. The quantitative estimate of drug-likeness (QED) is 0.692. The van der Waals surface area contributed by atoms with Crippen molar-refractivity contribution in [2.75, 3.05) is 13.1 Å². The maximum absolute atomic E-state index is 3.78. The molecular weight excluding hydrogens is 256 g/mol. The number of nitrogens with one attached hydrogen (secondary N) is 2. The molecule has 0 aromatic heterocycles. The number of fused-ring (bicyclic) bond motifs is 1. The molecule has 0 aliphatic carbocycles. The molecule has 0 radical (unpaired) electrons. The summed E-state index contributed by atoms with van der Waals surface area (Å²) in [5.41, 5.74) is 2.96. The molecule has 0 fully saturated rings. The summed E-state index contributed by atoms with van der Waals surface area (Å²) in [6.07, 6.45) is 8.05. The fourth-order valence-electron chi connectivity index (χ4n) is 3.18. The summed E-state index contributed by atoms with van der Waals surface area (Å²) in [6.45, 7) is 7.92. The summed E-state index contributed by atoms with van der Waals surface area (Å²) in [5.74, 6) is 0.859. The second kappa shape index (κ2) is 9.22. The third kappa shape index (κ3) is 5.80. The molecule has 0 saturated carbocycles. The largest absolute Gasteiger partial charge is 0.313 e. The number of benzene rings is 1. The van der Waals surface area contributed by atoms with Crippen molar-refractivity contribution in [2.45, 2.75) is 65.0 Å². The summed E-state index contributed by atoms with van der Waals surface area (Å²) >= 11 is 0. The third-order valence-corrected chi connectivity index (χ3v) is 4.45. The summed E-state index contributed by atoms with van der Waals surface area (Å²) in [4.78, 5) is 0. The van der Waals surface area contributed by atoms with Gasteiger partial charge < -0.3 is 10.6 Å². The van der Waals surface area contributed by atoms with Crippen LogP contribution in [0.15, 0.2) is 24.3 Å². The van der Waals surface area contributed by atoms with E-state index in [0.717, 1.165) is 25.6 Å². The van der Waals surface area contributed by atoms with E-state index in [-0.39, 0.29) is 0 Å². The van der Waals surface area contributed by atoms with Gasteiger partial charge in [0.15, 0.2) is 0 Å². The van der Waals surface area contributed by atoms with E-state index >= 15 is 0 Å². The Bertz CT molecular complexity index is 400. The Morgan fingerprint density at radius 3 is 2.81 bits per heavy atom. The van der Waals surface area contributed by atoms with Crippen LogP contribution in [0.3, 0.4) is 0 Å². The molecule has 1 aromatic carbocycles. The molecule has 1 aliphatic heterocycles. The molecule has 0 saturated heterocycles. The lowest BCUT2D eigenvalue weighted by molar-refractivity contribution is 0.470. The summed E-state index contributed by atoms with van der Waals surface area (Å²) in [5, 5.41) is 7.30. The highest BCUT2D eigenvalue weighted by Gasteiger charge is 2.16. The smallest absolute Gasteiger partial charge is 0.0335 e. The first-order chi connectivity index (χ1) is 10.3. The van der Waals surface area contributed by atoms with Crippen LogP contribution < -0.4 is 10.6 Å². The van der Waals surface area contributed by atoms with Gasteiger partial charge in [-0.15, -0.1) is 0 Å². The van der Waals surface area contributed by atoms with Crippen LogP contribution in [0.5, 0.6) is 0 Å². The first kappa shape index (κ1) is 16.5. The van der Waals surface area contributed by atoms with Crippen molar-refractivity contribution < 1.29 is 0 Å². The van der Waals surface area contributed by atoms with Gasteiger partial charge in [0.05, 0.1) is 0 Å². The van der Waals surface area contributed by atoms with E-state index in [9.17, 15) is 0 Å². The molecule has 0 bridgehead atoms. The van der Waals surface area contributed by atoms with E-state index in [1.807, 2.05) is 0 Å². The van der Waals surface area contributed by atoms with Crippen LogP contribution in [-0.4, -0.2) is 13.1 Å². The van der Waals surface area contributed by atoms with E-state index in [1.54, 1.807) is 0 Å². The fourth-order valence-corrected chi connectivity index (χ4v) is 3.18. The van der Waals surface area contributed by atoms with Crippen LogP contribution in [-0.2, 0) is 6.54 Å². The molecule has 2 rings (SSSR count). The maximum atomic E-state index is 3.78. The highest BCUT2D eigenvalue weighted by atomic mass is 14.9. The molecule has 1 unspecified atom stereocenters. The van der Waals surface area contributed by atoms with Crippen molar-refractivity contribution in [1.29, 1.82) is 0 Å². The topological polar surface area (TPSA) is 24.1 Å². The summed E-state index contributed by atoms with van der Waals surface area (Å²) in [7, 11) is 0. The lowest BCUT2D eigenvalue weighted by atomic mass is 9.99. The first-order valence-corrected chi connectivity index (χ1v) is 8.79. The van der Waals surface area contributed by atoms with Crippen molar-refractivity contribution in [3.8, 4) is 0 Å². The Morgan fingerprint density at radius 1 is 1.14 bits per heavy atom. The summed E-state index contributed by atoms with van der Waals surface area (Å²) in [6, 6.07) is 9.41. The van der Waals surface area contributed by atoms with Gasteiger partial charge in [-0.1, -0.05) is 63.8 Å². The lowest BCUT2D eigenvalue weighted by Gasteiger charge is -2.19. The second-order valence-electron chi connectivity index (χ2n) is 6.77. The minimum absolute atomic E-state index is 0.534. The van der Waals surface area contributed by atoms with Crippen molar-refractivity contribution >= 4 is 0 Å². The number of hydrogen-bond acceptors (Lipinski definition) is 2. The molecule has 1 atom stereocenters. The number of hydrogen-bond donors (Lipinski definition) is 2. The molecule has 1 aliphatic rings. The van der Waals surface area contributed by atoms with Crippen LogP contribution in [0.25, 0.3) is 0 Å². The Hall–Kier alpha value is -0.860. The predicted molar refractivity (Wildman–Crippen MR) is 91.4 cm³/mol. The molecule has 118 valence electrons. The zero-order valence-corrected chi connectivity index (χ0v) is 13.8. The Labute approximate surface area is 130 Å². The molecule has 2 nitrogen and oxygen atoms in total. The van der Waals surface area contributed by atoms with Crippen LogP contribution >= 0.6 is 0 Å². The minimum atomic E-state index is 0.534. The molecule has 0 spiro atoms. The standard InChI is InChI=1S/C19H32N2/c1-16(2)9-5-3-4-8-13-21-19-12-14-20-15-17-10-6-7-11-18(17)19/h6-7,10-11,16,19-21H,3-5,8-9,12-15H2,1-2H3. The monoisotopic (exact) mass is 288 g/mol. The van der Waals surface area contributed by atoms with Gasteiger partial charge in [-0.3, -0.25) is 0 Å². The molecule has 2 N–H and O–H groups in total. The molecule has 0 amide bonds. The van der Waals surface area contributed by atoms with E-state index < -0.39 is 0 Å². The van der Waals surface area contributed by atoms with Gasteiger partial charge in [-0.05, 0) is 43.0 Å². The first-order valence-electron chi connectivity index (χ1n) is 8.79. The third-order valence-electron chi connectivity index (χ3n) is 4.45. The Morgan fingerprint density at radius 2 is 1.95 bits per heavy atom. The molecular formula is C19H32N2.